The number of carboxylic acids is 1. The van der Waals surface area contributed by atoms with Crippen molar-refractivity contribution in [1.82, 2.24) is 5.32 Å². The van der Waals surface area contributed by atoms with Gasteiger partial charge >= 0.3 is 5.97 Å². The van der Waals surface area contributed by atoms with E-state index in [4.69, 9.17) is 9.84 Å². The Morgan fingerprint density at radius 3 is 2.20 bits per heavy atom. The number of aliphatic carboxylic acids is 1. The molecule has 6 nitrogen and oxygen atoms in total. The van der Waals surface area contributed by atoms with E-state index >= 15 is 0 Å². The molecule has 1 aromatic heterocycles. The first-order valence-corrected chi connectivity index (χ1v) is 13.2. The van der Waals surface area contributed by atoms with Gasteiger partial charge < -0.3 is 20.3 Å². The third-order valence-electron chi connectivity index (χ3n) is 7.35. The van der Waals surface area contributed by atoms with Gasteiger partial charge in [-0.1, -0.05) is 53.7 Å². The van der Waals surface area contributed by atoms with Crippen LogP contribution in [-0.4, -0.2) is 40.3 Å². The summed E-state index contributed by atoms with van der Waals surface area (Å²) in [6, 6.07) is 9.06. The van der Waals surface area contributed by atoms with Gasteiger partial charge in [-0.25, -0.2) is 0 Å². The number of aliphatic hydroxyl groups is 1. The van der Waals surface area contributed by atoms with Crippen molar-refractivity contribution < 1.29 is 24.5 Å². The van der Waals surface area contributed by atoms with Gasteiger partial charge in [0, 0.05) is 10.3 Å². The number of carbonyl (C=O) groups is 2. The average Bonchev–Trinajstić information content (AvgIpc) is 3.29. The van der Waals surface area contributed by atoms with E-state index in [1.165, 1.54) is 18.3 Å². The highest BCUT2D eigenvalue weighted by molar-refractivity contribution is 7.14. The Morgan fingerprint density at radius 1 is 1.06 bits per heavy atom. The summed E-state index contributed by atoms with van der Waals surface area (Å²) in [5.74, 6) is -0.665. The van der Waals surface area contributed by atoms with E-state index in [9.17, 15) is 14.7 Å². The van der Waals surface area contributed by atoms with Gasteiger partial charge in [-0.15, -0.1) is 11.3 Å². The summed E-state index contributed by atoms with van der Waals surface area (Å²) >= 11 is 1.41. The maximum atomic E-state index is 12.6. The van der Waals surface area contributed by atoms with Gasteiger partial charge in [-0.3, -0.25) is 9.59 Å². The summed E-state index contributed by atoms with van der Waals surface area (Å²) in [7, 11) is 0. The van der Waals surface area contributed by atoms with Gasteiger partial charge in [-0.2, -0.15) is 0 Å². The molecule has 0 aliphatic heterocycles. The Hall–Kier alpha value is -2.38. The zero-order valence-corrected chi connectivity index (χ0v) is 23.1. The number of carboxylic acid groups (broad SMARTS) is 1. The van der Waals surface area contributed by atoms with Crippen LogP contribution in [0, 0.1) is 5.41 Å². The Kier molecular flexibility index (Phi) is 9.17. The van der Waals surface area contributed by atoms with Gasteiger partial charge in [0.25, 0.3) is 5.91 Å². The number of carbonyl (C=O) groups excluding carboxylic acids is 1. The highest BCUT2D eigenvalue weighted by Gasteiger charge is 2.37. The van der Waals surface area contributed by atoms with Crippen LogP contribution in [0.15, 0.2) is 30.3 Å². The van der Waals surface area contributed by atoms with E-state index in [1.807, 2.05) is 32.9 Å². The predicted octanol–water partition coefficient (Wildman–Crippen LogP) is 5.80. The molecular weight excluding hydrogens is 462 g/mol. The highest BCUT2D eigenvalue weighted by atomic mass is 32.1. The molecule has 194 valence electrons. The van der Waals surface area contributed by atoms with Crippen molar-refractivity contribution in [2.75, 3.05) is 6.61 Å². The molecule has 3 N–H and O–H groups in total. The number of nitrogens with one attached hydrogen (secondary N) is 1. The second-order valence-electron chi connectivity index (χ2n) is 10.5. The molecular formula is C28H41NO5S. The van der Waals surface area contributed by atoms with Crippen molar-refractivity contribution in [2.24, 2.45) is 5.41 Å². The van der Waals surface area contributed by atoms with Crippen LogP contribution in [0.5, 0.6) is 5.75 Å². The van der Waals surface area contributed by atoms with Crippen molar-refractivity contribution in [1.29, 1.82) is 0 Å². The molecule has 2 rings (SSSR count). The molecule has 2 aromatic rings. The highest BCUT2D eigenvalue weighted by Crippen LogP contribution is 2.43. The number of aryl methyl sites for hydroxylation is 1. The van der Waals surface area contributed by atoms with Crippen molar-refractivity contribution >= 4 is 23.2 Å². The van der Waals surface area contributed by atoms with Crippen molar-refractivity contribution in [3.05, 3.63) is 51.2 Å². The standard InChI is InChI=1S/C28H41NO5S/c1-9-19-16-20(12-13-21(19)34-17-27(8,33)26(5,6)7)28(10-2,11-3)23-15-14-22(35-23)24(30)29-18(4)25(31)32/h12-16,18,33H,9-11,17H2,1-8H3,(H,29,30)(H,31,32)/t18-,27?/m1/s1. The average molecular weight is 504 g/mol. The molecule has 2 atom stereocenters. The minimum Gasteiger partial charge on any atom is -0.490 e. The molecule has 1 heterocycles. The summed E-state index contributed by atoms with van der Waals surface area (Å²) in [6.45, 7) is 15.8. The van der Waals surface area contributed by atoms with E-state index in [0.29, 0.717) is 4.88 Å². The largest absolute Gasteiger partial charge is 0.490 e. The second-order valence-corrected chi connectivity index (χ2v) is 11.6. The van der Waals surface area contributed by atoms with E-state index in [-0.39, 0.29) is 23.3 Å². The Bertz CT molecular complexity index is 1030. The van der Waals surface area contributed by atoms with E-state index in [0.717, 1.165) is 41.0 Å². The monoisotopic (exact) mass is 503 g/mol. The van der Waals surface area contributed by atoms with Crippen molar-refractivity contribution in [3.63, 3.8) is 0 Å². The Balaban J connectivity index is 2.38. The van der Waals surface area contributed by atoms with E-state index in [1.54, 1.807) is 13.0 Å². The molecule has 35 heavy (non-hydrogen) atoms. The summed E-state index contributed by atoms with van der Waals surface area (Å²) in [4.78, 5) is 25.3. The number of thiophene rings is 1. The van der Waals surface area contributed by atoms with Crippen LogP contribution in [0.2, 0.25) is 0 Å². The van der Waals surface area contributed by atoms with Gasteiger partial charge in [-0.05, 0) is 67.9 Å². The number of rotatable bonds is 11. The maximum absolute atomic E-state index is 12.6. The molecule has 0 radical (unpaired) electrons. The fourth-order valence-corrected chi connectivity index (χ4v) is 5.19. The lowest BCUT2D eigenvalue weighted by Gasteiger charge is -2.37. The lowest BCUT2D eigenvalue weighted by Crippen LogP contribution is -2.45. The van der Waals surface area contributed by atoms with Gasteiger partial charge in [0.15, 0.2) is 0 Å². The first-order chi connectivity index (χ1) is 16.2. The second kappa shape index (κ2) is 11.1. The number of amides is 1. The van der Waals surface area contributed by atoms with Gasteiger partial charge in [0.05, 0.1) is 4.88 Å². The molecule has 7 heteroatoms. The van der Waals surface area contributed by atoms with Crippen LogP contribution >= 0.6 is 11.3 Å². The van der Waals surface area contributed by atoms with E-state index in [2.05, 4.69) is 38.2 Å². The fraction of sp³-hybridized carbons (Fsp3) is 0.571. The smallest absolute Gasteiger partial charge is 0.325 e. The summed E-state index contributed by atoms with van der Waals surface area (Å²) in [6.07, 6.45) is 2.48. The Morgan fingerprint density at radius 2 is 1.69 bits per heavy atom. The van der Waals surface area contributed by atoms with Gasteiger partial charge in [0.1, 0.15) is 24.0 Å². The first kappa shape index (κ1) is 28.9. The van der Waals surface area contributed by atoms with Crippen LogP contribution in [0.3, 0.4) is 0 Å². The molecule has 0 saturated carbocycles. The quantitative estimate of drug-likeness (QED) is 0.360. The fourth-order valence-electron chi connectivity index (χ4n) is 3.92. The molecule has 1 aromatic carbocycles. The lowest BCUT2D eigenvalue weighted by molar-refractivity contribution is -0.138. The minimum absolute atomic E-state index is 0.202. The summed E-state index contributed by atoms with van der Waals surface area (Å²) < 4.78 is 6.10. The zero-order chi connectivity index (χ0) is 26.6. The topological polar surface area (TPSA) is 95.9 Å². The van der Waals surface area contributed by atoms with Crippen molar-refractivity contribution in [2.45, 2.75) is 91.7 Å². The van der Waals surface area contributed by atoms with Crippen LogP contribution in [-0.2, 0) is 16.6 Å². The number of ether oxygens (including phenoxy) is 1. The van der Waals surface area contributed by atoms with Gasteiger partial charge in [0.2, 0.25) is 0 Å². The van der Waals surface area contributed by atoms with Crippen molar-refractivity contribution in [3.8, 4) is 5.75 Å². The van der Waals surface area contributed by atoms with Crippen LogP contribution < -0.4 is 10.1 Å². The van der Waals surface area contributed by atoms with Crippen LogP contribution in [0.25, 0.3) is 0 Å². The SMILES string of the molecule is CCc1cc(C(CC)(CC)c2ccc(C(=O)N[C@H](C)C(=O)O)s2)ccc1OCC(C)(O)C(C)(C)C. The molecule has 0 aliphatic rings. The summed E-state index contributed by atoms with van der Waals surface area (Å²) in [5, 5.41) is 22.5. The predicted molar refractivity (Wildman–Crippen MR) is 142 cm³/mol. The number of hydrogen-bond donors (Lipinski definition) is 3. The number of hydrogen-bond acceptors (Lipinski definition) is 5. The zero-order valence-electron chi connectivity index (χ0n) is 22.3. The van der Waals surface area contributed by atoms with Crippen LogP contribution in [0.4, 0.5) is 0 Å². The molecule has 0 fully saturated rings. The first-order valence-electron chi connectivity index (χ1n) is 12.3. The Labute approximate surface area is 213 Å². The van der Waals surface area contributed by atoms with Crippen LogP contribution in [0.1, 0.15) is 93.9 Å². The minimum atomic E-state index is -1.06. The molecule has 0 saturated heterocycles. The number of benzene rings is 1. The normalized spacial score (nSPS) is 14.8. The lowest BCUT2D eigenvalue weighted by atomic mass is 9.74. The third kappa shape index (κ3) is 6.25. The molecule has 0 spiro atoms. The van der Waals surface area contributed by atoms with E-state index < -0.39 is 17.6 Å². The molecule has 1 unspecified atom stereocenters. The molecule has 0 aliphatic carbocycles. The third-order valence-corrected chi connectivity index (χ3v) is 8.63. The maximum Gasteiger partial charge on any atom is 0.325 e. The molecule has 1 amide bonds. The summed E-state index contributed by atoms with van der Waals surface area (Å²) in [5.41, 5.74) is 0.662. The molecule has 0 bridgehead atoms.